The van der Waals surface area contributed by atoms with Crippen molar-refractivity contribution < 1.29 is 9.53 Å². The number of fused-ring (bicyclic) bond motifs is 1. The van der Waals surface area contributed by atoms with E-state index in [0.717, 1.165) is 22.3 Å². The van der Waals surface area contributed by atoms with Gasteiger partial charge in [0.2, 0.25) is 0 Å². The van der Waals surface area contributed by atoms with Crippen molar-refractivity contribution in [2.75, 3.05) is 7.11 Å². The molecule has 3 nitrogen and oxygen atoms in total. The molecule has 2 aliphatic carbocycles. The molecule has 98 valence electrons. The molecule has 1 heterocycles. The standard InChI is InChI=1S/C17H13NO2/c1-20-17(19)16-14-6-4-2-3-5-13(14)11-15(16)12-7-9-18-10-8-12/h2-11H,1H3. The number of rotatable bonds is 2. The molecule has 1 aromatic heterocycles. The number of hydrogen-bond acceptors (Lipinski definition) is 3. The van der Waals surface area contributed by atoms with Crippen molar-refractivity contribution in [3.63, 3.8) is 0 Å². The van der Waals surface area contributed by atoms with E-state index in [1.165, 1.54) is 7.11 Å². The quantitative estimate of drug-likeness (QED) is 0.663. The fourth-order valence-corrected chi connectivity index (χ4v) is 2.37. The van der Waals surface area contributed by atoms with Crippen LogP contribution in [0.15, 0.2) is 60.9 Å². The summed E-state index contributed by atoms with van der Waals surface area (Å²) in [5.74, 6) is -0.321. The van der Waals surface area contributed by atoms with Gasteiger partial charge in [0.05, 0.1) is 12.7 Å². The summed E-state index contributed by atoms with van der Waals surface area (Å²) in [5.41, 5.74) is 4.35. The second kappa shape index (κ2) is 5.13. The van der Waals surface area contributed by atoms with Gasteiger partial charge in [-0.3, -0.25) is 4.98 Å². The van der Waals surface area contributed by atoms with Crippen LogP contribution in [0.25, 0.3) is 22.3 Å². The molecule has 0 radical (unpaired) electrons. The van der Waals surface area contributed by atoms with Crippen LogP contribution in [-0.4, -0.2) is 18.1 Å². The first-order valence-electron chi connectivity index (χ1n) is 6.31. The molecule has 0 bridgehead atoms. The highest BCUT2D eigenvalue weighted by molar-refractivity contribution is 6.06. The average molecular weight is 263 g/mol. The van der Waals surface area contributed by atoms with E-state index in [-0.39, 0.29) is 5.97 Å². The highest BCUT2D eigenvalue weighted by Crippen LogP contribution is 2.37. The van der Waals surface area contributed by atoms with E-state index in [2.05, 4.69) is 4.98 Å². The summed E-state index contributed by atoms with van der Waals surface area (Å²) in [6.45, 7) is 0. The van der Waals surface area contributed by atoms with Gasteiger partial charge in [-0.25, -0.2) is 4.79 Å². The van der Waals surface area contributed by atoms with Crippen LogP contribution in [0.5, 0.6) is 0 Å². The van der Waals surface area contributed by atoms with Gasteiger partial charge in [0.15, 0.2) is 0 Å². The van der Waals surface area contributed by atoms with Gasteiger partial charge in [-0.1, -0.05) is 30.3 Å². The van der Waals surface area contributed by atoms with E-state index >= 15 is 0 Å². The Morgan fingerprint density at radius 3 is 2.45 bits per heavy atom. The van der Waals surface area contributed by atoms with Gasteiger partial charge in [0, 0.05) is 12.4 Å². The van der Waals surface area contributed by atoms with Gasteiger partial charge in [0.1, 0.15) is 0 Å². The summed E-state index contributed by atoms with van der Waals surface area (Å²) >= 11 is 0. The molecule has 0 fully saturated rings. The lowest BCUT2D eigenvalue weighted by Gasteiger charge is -2.04. The molecule has 1 aromatic rings. The SMILES string of the molecule is COC(=O)c1c2cccccc-2cc1-c1ccncc1. The Kier molecular flexibility index (Phi) is 3.17. The molecular formula is C17H13NO2. The van der Waals surface area contributed by atoms with Crippen LogP contribution in [0, 0.1) is 0 Å². The Bertz CT molecular complexity index is 722. The predicted molar refractivity (Wildman–Crippen MR) is 77.6 cm³/mol. The Morgan fingerprint density at radius 1 is 0.950 bits per heavy atom. The predicted octanol–water partition coefficient (Wildman–Crippen LogP) is 3.64. The van der Waals surface area contributed by atoms with Gasteiger partial charge in [-0.2, -0.15) is 0 Å². The van der Waals surface area contributed by atoms with Gasteiger partial charge >= 0.3 is 5.97 Å². The third kappa shape index (κ3) is 2.03. The van der Waals surface area contributed by atoms with E-state index in [9.17, 15) is 4.79 Å². The summed E-state index contributed by atoms with van der Waals surface area (Å²) < 4.78 is 4.94. The van der Waals surface area contributed by atoms with Crippen LogP contribution in [0.2, 0.25) is 0 Å². The zero-order chi connectivity index (χ0) is 13.9. The van der Waals surface area contributed by atoms with Gasteiger partial charge in [0.25, 0.3) is 0 Å². The normalized spacial score (nSPS) is 10.4. The molecule has 0 amide bonds. The van der Waals surface area contributed by atoms with Crippen LogP contribution in [-0.2, 0) is 4.74 Å². The first-order valence-corrected chi connectivity index (χ1v) is 6.31. The number of pyridine rings is 1. The van der Waals surface area contributed by atoms with Crippen molar-refractivity contribution >= 4 is 5.97 Å². The first-order chi connectivity index (χ1) is 9.81. The number of nitrogens with zero attached hydrogens (tertiary/aromatic N) is 1. The van der Waals surface area contributed by atoms with E-state index in [1.54, 1.807) is 12.4 Å². The van der Waals surface area contributed by atoms with Gasteiger partial charge < -0.3 is 4.74 Å². The minimum absolute atomic E-state index is 0.321. The molecule has 0 saturated carbocycles. The van der Waals surface area contributed by atoms with Crippen LogP contribution in [0.3, 0.4) is 0 Å². The summed E-state index contributed by atoms with van der Waals surface area (Å²) in [7, 11) is 1.40. The molecule has 0 aliphatic heterocycles. The molecule has 0 saturated heterocycles. The van der Waals surface area contributed by atoms with Crippen molar-refractivity contribution in [3.05, 3.63) is 66.5 Å². The minimum atomic E-state index is -0.321. The number of esters is 1. The lowest BCUT2D eigenvalue weighted by atomic mass is 10.0. The lowest BCUT2D eigenvalue weighted by molar-refractivity contribution is 0.0603. The monoisotopic (exact) mass is 263 g/mol. The molecule has 0 N–H and O–H groups in total. The van der Waals surface area contributed by atoms with Crippen molar-refractivity contribution in [2.45, 2.75) is 0 Å². The highest BCUT2D eigenvalue weighted by Gasteiger charge is 2.22. The van der Waals surface area contributed by atoms with E-state index < -0.39 is 0 Å². The molecule has 0 atom stereocenters. The van der Waals surface area contributed by atoms with E-state index in [0.29, 0.717) is 5.56 Å². The number of hydrogen-bond donors (Lipinski definition) is 0. The van der Waals surface area contributed by atoms with Crippen molar-refractivity contribution in [1.29, 1.82) is 0 Å². The lowest BCUT2D eigenvalue weighted by Crippen LogP contribution is -2.02. The Morgan fingerprint density at radius 2 is 1.70 bits per heavy atom. The van der Waals surface area contributed by atoms with Gasteiger partial charge in [-0.05, 0) is 40.5 Å². The fraction of sp³-hybridized carbons (Fsp3) is 0.0588. The number of ether oxygens (including phenoxy) is 1. The Balaban J connectivity index is 2.31. The average Bonchev–Trinajstić information content (AvgIpc) is 2.70. The summed E-state index contributed by atoms with van der Waals surface area (Å²) in [6.07, 6.45) is 3.43. The molecule has 20 heavy (non-hydrogen) atoms. The highest BCUT2D eigenvalue weighted by atomic mass is 16.5. The summed E-state index contributed by atoms with van der Waals surface area (Å²) in [4.78, 5) is 16.2. The van der Waals surface area contributed by atoms with Crippen molar-refractivity contribution in [2.24, 2.45) is 0 Å². The van der Waals surface area contributed by atoms with Crippen LogP contribution >= 0.6 is 0 Å². The maximum atomic E-state index is 12.1. The third-order valence-electron chi connectivity index (χ3n) is 3.29. The zero-order valence-electron chi connectivity index (χ0n) is 11.0. The topological polar surface area (TPSA) is 39.2 Å². The maximum absolute atomic E-state index is 12.1. The molecular weight excluding hydrogens is 250 g/mol. The van der Waals surface area contributed by atoms with Crippen LogP contribution in [0.4, 0.5) is 0 Å². The second-order valence-electron chi connectivity index (χ2n) is 4.44. The number of methoxy groups -OCH3 is 1. The van der Waals surface area contributed by atoms with Crippen LogP contribution < -0.4 is 0 Å². The van der Waals surface area contributed by atoms with Crippen molar-refractivity contribution in [1.82, 2.24) is 4.98 Å². The first kappa shape index (κ1) is 12.4. The number of carbonyl (C=O) groups is 1. The Hall–Kier alpha value is -2.68. The molecule has 0 spiro atoms. The second-order valence-corrected chi connectivity index (χ2v) is 4.44. The summed E-state index contributed by atoms with van der Waals surface area (Å²) in [6, 6.07) is 15.5. The number of aromatic nitrogens is 1. The smallest absolute Gasteiger partial charge is 0.339 e. The zero-order valence-corrected chi connectivity index (χ0v) is 11.0. The van der Waals surface area contributed by atoms with Crippen LogP contribution in [0.1, 0.15) is 10.4 Å². The summed E-state index contributed by atoms with van der Waals surface area (Å²) in [5, 5.41) is 0. The Labute approximate surface area is 117 Å². The van der Waals surface area contributed by atoms with E-state index in [4.69, 9.17) is 4.74 Å². The minimum Gasteiger partial charge on any atom is -0.465 e. The molecule has 2 aliphatic rings. The third-order valence-corrected chi connectivity index (χ3v) is 3.29. The van der Waals surface area contributed by atoms with Gasteiger partial charge in [-0.15, -0.1) is 0 Å². The molecule has 0 unspecified atom stereocenters. The molecule has 3 rings (SSSR count). The van der Waals surface area contributed by atoms with Crippen molar-refractivity contribution in [3.8, 4) is 22.3 Å². The molecule has 0 aromatic carbocycles. The maximum Gasteiger partial charge on any atom is 0.339 e. The molecule has 3 heteroatoms. The largest absolute Gasteiger partial charge is 0.465 e. The number of carbonyl (C=O) groups excluding carboxylic acids is 1. The fourth-order valence-electron chi connectivity index (χ4n) is 2.37. The van der Waals surface area contributed by atoms with E-state index in [1.807, 2.05) is 48.5 Å².